The fourth-order valence-electron chi connectivity index (χ4n) is 2.23. The van der Waals surface area contributed by atoms with Crippen molar-refractivity contribution in [2.45, 2.75) is 4.90 Å². The van der Waals surface area contributed by atoms with Crippen molar-refractivity contribution in [3.05, 3.63) is 60.8 Å². The molecule has 1 heterocycles. The molecule has 2 amide bonds. The lowest BCUT2D eigenvalue weighted by Crippen LogP contribution is -2.34. The standard InChI is InChI=1S/C17H15N3O4S/c1-24-14-8-7-12-9-13(11-18-16(12)10-14)19-17(21)20-25(22,23)15-5-3-2-4-6-15/h2-11H,1H3,(H2,19,20,21). The van der Waals surface area contributed by atoms with Crippen molar-refractivity contribution in [3.8, 4) is 5.75 Å². The number of pyridine rings is 1. The smallest absolute Gasteiger partial charge is 0.333 e. The molecule has 0 radical (unpaired) electrons. The van der Waals surface area contributed by atoms with Crippen molar-refractivity contribution in [1.29, 1.82) is 0 Å². The monoisotopic (exact) mass is 357 g/mol. The summed E-state index contributed by atoms with van der Waals surface area (Å²) in [5.74, 6) is 0.674. The molecule has 0 bridgehead atoms. The minimum absolute atomic E-state index is 0.00822. The van der Waals surface area contributed by atoms with Gasteiger partial charge in [-0.2, -0.15) is 0 Å². The molecule has 7 nitrogen and oxygen atoms in total. The first-order valence-electron chi connectivity index (χ1n) is 7.30. The minimum Gasteiger partial charge on any atom is -0.497 e. The summed E-state index contributed by atoms with van der Waals surface area (Å²) in [7, 11) is -2.37. The van der Waals surface area contributed by atoms with E-state index in [4.69, 9.17) is 4.74 Å². The van der Waals surface area contributed by atoms with Crippen LogP contribution in [0.3, 0.4) is 0 Å². The van der Waals surface area contributed by atoms with E-state index in [1.165, 1.54) is 18.3 Å². The molecule has 1 aromatic heterocycles. The second-order valence-electron chi connectivity index (χ2n) is 5.16. The quantitative estimate of drug-likeness (QED) is 0.748. The van der Waals surface area contributed by atoms with E-state index in [2.05, 4.69) is 10.3 Å². The molecule has 3 rings (SSSR count). The first-order chi connectivity index (χ1) is 12.0. The van der Waals surface area contributed by atoms with E-state index >= 15 is 0 Å². The Morgan fingerprint density at radius 2 is 1.84 bits per heavy atom. The van der Waals surface area contributed by atoms with Crippen LogP contribution in [-0.2, 0) is 10.0 Å². The van der Waals surface area contributed by atoms with Crippen LogP contribution in [0.5, 0.6) is 5.75 Å². The zero-order valence-corrected chi connectivity index (χ0v) is 14.1. The van der Waals surface area contributed by atoms with Crippen LogP contribution < -0.4 is 14.8 Å². The lowest BCUT2D eigenvalue weighted by atomic mass is 10.2. The van der Waals surface area contributed by atoms with Crippen molar-refractivity contribution >= 4 is 32.6 Å². The molecule has 128 valence electrons. The van der Waals surface area contributed by atoms with E-state index in [9.17, 15) is 13.2 Å². The molecule has 2 aromatic carbocycles. The second kappa shape index (κ2) is 6.78. The van der Waals surface area contributed by atoms with Gasteiger partial charge in [0.2, 0.25) is 0 Å². The number of benzene rings is 2. The van der Waals surface area contributed by atoms with Gasteiger partial charge in [-0.1, -0.05) is 18.2 Å². The van der Waals surface area contributed by atoms with Gasteiger partial charge in [-0.25, -0.2) is 17.9 Å². The van der Waals surface area contributed by atoms with Crippen LogP contribution in [0, 0.1) is 0 Å². The molecule has 25 heavy (non-hydrogen) atoms. The summed E-state index contributed by atoms with van der Waals surface area (Å²) in [6, 6.07) is 13.8. The highest BCUT2D eigenvalue weighted by Gasteiger charge is 2.17. The summed E-state index contributed by atoms with van der Waals surface area (Å²) in [4.78, 5) is 16.2. The molecule has 0 atom stereocenters. The number of fused-ring (bicyclic) bond motifs is 1. The summed E-state index contributed by atoms with van der Waals surface area (Å²) in [6.07, 6.45) is 1.44. The summed E-state index contributed by atoms with van der Waals surface area (Å²) in [6.45, 7) is 0. The Morgan fingerprint density at radius 1 is 1.08 bits per heavy atom. The highest BCUT2D eigenvalue weighted by molar-refractivity contribution is 7.90. The molecular weight excluding hydrogens is 342 g/mol. The number of hydrogen-bond acceptors (Lipinski definition) is 5. The predicted octanol–water partition coefficient (Wildman–Crippen LogP) is 2.75. The maximum atomic E-state index is 12.1. The maximum Gasteiger partial charge on any atom is 0.333 e. The van der Waals surface area contributed by atoms with Crippen molar-refractivity contribution < 1.29 is 17.9 Å². The lowest BCUT2D eigenvalue weighted by molar-refractivity contribution is 0.256. The van der Waals surface area contributed by atoms with Crippen LogP contribution in [0.4, 0.5) is 10.5 Å². The molecule has 3 aromatic rings. The zero-order valence-electron chi connectivity index (χ0n) is 13.3. The SMILES string of the molecule is COc1ccc2cc(NC(=O)NS(=O)(=O)c3ccccc3)cnc2c1. The van der Waals surface area contributed by atoms with E-state index in [1.54, 1.807) is 49.6 Å². The average Bonchev–Trinajstić information content (AvgIpc) is 2.61. The van der Waals surface area contributed by atoms with Gasteiger partial charge in [0.05, 0.1) is 29.4 Å². The Balaban J connectivity index is 1.76. The Labute approximate surface area is 144 Å². The number of carbonyl (C=O) groups excluding carboxylic acids is 1. The number of sulfonamides is 1. The van der Waals surface area contributed by atoms with E-state index in [1.807, 2.05) is 4.72 Å². The molecule has 0 aliphatic carbocycles. The maximum absolute atomic E-state index is 12.1. The van der Waals surface area contributed by atoms with Gasteiger partial charge in [0.1, 0.15) is 5.75 Å². The number of aromatic nitrogens is 1. The van der Waals surface area contributed by atoms with Gasteiger partial charge >= 0.3 is 6.03 Å². The Kier molecular flexibility index (Phi) is 4.53. The first kappa shape index (κ1) is 16.7. The normalized spacial score (nSPS) is 11.1. The third-order valence-electron chi connectivity index (χ3n) is 3.43. The van der Waals surface area contributed by atoms with Gasteiger partial charge in [-0.3, -0.25) is 4.98 Å². The summed E-state index contributed by atoms with van der Waals surface area (Å²) < 4.78 is 31.3. The number of nitrogens with one attached hydrogen (secondary N) is 2. The third-order valence-corrected chi connectivity index (χ3v) is 4.78. The zero-order chi connectivity index (χ0) is 17.9. The van der Waals surface area contributed by atoms with Crippen LogP contribution in [-0.4, -0.2) is 26.5 Å². The largest absolute Gasteiger partial charge is 0.497 e. The van der Waals surface area contributed by atoms with E-state index in [0.29, 0.717) is 17.0 Å². The van der Waals surface area contributed by atoms with Crippen LogP contribution >= 0.6 is 0 Å². The number of nitrogens with zero attached hydrogens (tertiary/aromatic N) is 1. The minimum atomic E-state index is -3.93. The number of anilines is 1. The van der Waals surface area contributed by atoms with Gasteiger partial charge in [-0.15, -0.1) is 0 Å². The number of ether oxygens (including phenoxy) is 1. The summed E-state index contributed by atoms with van der Waals surface area (Å²) >= 11 is 0. The van der Waals surface area contributed by atoms with E-state index in [-0.39, 0.29) is 4.90 Å². The molecule has 0 unspecified atom stereocenters. The fourth-order valence-corrected chi connectivity index (χ4v) is 3.16. The van der Waals surface area contributed by atoms with Crippen molar-refractivity contribution in [2.75, 3.05) is 12.4 Å². The number of methoxy groups -OCH3 is 1. The fraction of sp³-hybridized carbons (Fsp3) is 0.0588. The Morgan fingerprint density at radius 3 is 2.56 bits per heavy atom. The molecule has 8 heteroatoms. The van der Waals surface area contributed by atoms with Crippen molar-refractivity contribution in [1.82, 2.24) is 9.71 Å². The highest BCUT2D eigenvalue weighted by Crippen LogP contribution is 2.21. The molecule has 0 saturated heterocycles. The molecule has 0 spiro atoms. The lowest BCUT2D eigenvalue weighted by Gasteiger charge is -2.09. The first-order valence-corrected chi connectivity index (χ1v) is 8.79. The van der Waals surface area contributed by atoms with Crippen molar-refractivity contribution in [3.63, 3.8) is 0 Å². The molecule has 0 aliphatic rings. The highest BCUT2D eigenvalue weighted by atomic mass is 32.2. The second-order valence-corrected chi connectivity index (χ2v) is 6.84. The van der Waals surface area contributed by atoms with Crippen LogP contribution in [0.1, 0.15) is 0 Å². The molecular formula is C17H15N3O4S. The molecule has 0 saturated carbocycles. The number of amides is 2. The Hall–Kier alpha value is -3.13. The summed E-state index contributed by atoms with van der Waals surface area (Å²) in [5.41, 5.74) is 1.07. The van der Waals surface area contributed by atoms with Crippen LogP contribution in [0.2, 0.25) is 0 Å². The third kappa shape index (κ3) is 3.86. The number of hydrogen-bond donors (Lipinski definition) is 2. The molecule has 0 fully saturated rings. The van der Waals surface area contributed by atoms with Crippen LogP contribution in [0.25, 0.3) is 10.9 Å². The Bertz CT molecular complexity index is 1020. The predicted molar refractivity (Wildman–Crippen MR) is 94.1 cm³/mol. The van der Waals surface area contributed by atoms with Gasteiger partial charge in [-0.05, 0) is 30.3 Å². The van der Waals surface area contributed by atoms with E-state index in [0.717, 1.165) is 5.39 Å². The topological polar surface area (TPSA) is 97.4 Å². The van der Waals surface area contributed by atoms with Gasteiger partial charge in [0.15, 0.2) is 0 Å². The van der Waals surface area contributed by atoms with E-state index < -0.39 is 16.1 Å². The number of rotatable bonds is 4. The molecule has 0 aliphatic heterocycles. The van der Waals surface area contributed by atoms with Crippen molar-refractivity contribution in [2.24, 2.45) is 0 Å². The van der Waals surface area contributed by atoms with Gasteiger partial charge in [0.25, 0.3) is 10.0 Å². The molecule has 2 N–H and O–H groups in total. The summed E-state index contributed by atoms with van der Waals surface area (Å²) in [5, 5.41) is 3.25. The van der Waals surface area contributed by atoms with Gasteiger partial charge in [0, 0.05) is 11.5 Å². The number of carbonyl (C=O) groups is 1. The number of urea groups is 1. The van der Waals surface area contributed by atoms with Crippen LogP contribution in [0.15, 0.2) is 65.7 Å². The van der Waals surface area contributed by atoms with Gasteiger partial charge < -0.3 is 10.1 Å². The average molecular weight is 357 g/mol.